The van der Waals surface area contributed by atoms with E-state index >= 15 is 0 Å². The number of carbonyl (C=O) groups excluding carboxylic acids is 1. The van der Waals surface area contributed by atoms with Crippen LogP contribution in [-0.4, -0.2) is 26.4 Å². The zero-order chi connectivity index (χ0) is 22.5. The summed E-state index contributed by atoms with van der Waals surface area (Å²) in [5, 5.41) is 12.3. The van der Waals surface area contributed by atoms with E-state index in [9.17, 15) is 4.79 Å². The maximum atomic E-state index is 12.4. The minimum absolute atomic E-state index is 0.0696. The third-order valence-corrected chi connectivity index (χ3v) is 6.31. The Balaban J connectivity index is 1.64. The lowest BCUT2D eigenvalue weighted by atomic mass is 10.1. The van der Waals surface area contributed by atoms with Crippen LogP contribution in [0.5, 0.6) is 5.75 Å². The first-order valence-corrected chi connectivity index (χ1v) is 11.4. The maximum absolute atomic E-state index is 12.4. The van der Waals surface area contributed by atoms with Gasteiger partial charge in [0.1, 0.15) is 5.75 Å². The highest BCUT2D eigenvalue weighted by atomic mass is 32.2. The summed E-state index contributed by atoms with van der Waals surface area (Å²) in [6, 6.07) is 12.0. The van der Waals surface area contributed by atoms with E-state index in [1.165, 1.54) is 28.5 Å². The summed E-state index contributed by atoms with van der Waals surface area (Å²) in [5.74, 6) is 1.75. The van der Waals surface area contributed by atoms with Crippen molar-refractivity contribution in [1.29, 1.82) is 0 Å². The molecule has 0 aliphatic carbocycles. The van der Waals surface area contributed by atoms with Gasteiger partial charge in [-0.3, -0.25) is 4.79 Å². The molecule has 0 bridgehead atoms. The molecule has 164 valence electrons. The first-order chi connectivity index (χ1) is 14.8. The number of aryl methyl sites for hydroxylation is 4. The first kappa shape index (κ1) is 22.9. The number of anilines is 1. The van der Waals surface area contributed by atoms with Crippen molar-refractivity contribution in [2.75, 3.05) is 11.1 Å². The van der Waals surface area contributed by atoms with Gasteiger partial charge in [0.2, 0.25) is 5.91 Å². The molecule has 3 aromatic rings. The number of hydrogen-bond donors (Lipinski definition) is 1. The molecule has 0 fully saturated rings. The fourth-order valence-electron chi connectivity index (χ4n) is 3.20. The van der Waals surface area contributed by atoms with Gasteiger partial charge >= 0.3 is 0 Å². The predicted octanol–water partition coefficient (Wildman–Crippen LogP) is 5.40. The molecule has 0 radical (unpaired) electrons. The maximum Gasteiger partial charge on any atom is 0.234 e. The van der Waals surface area contributed by atoms with Gasteiger partial charge in [0.15, 0.2) is 17.1 Å². The van der Waals surface area contributed by atoms with Gasteiger partial charge in [-0.25, -0.2) is 0 Å². The lowest BCUT2D eigenvalue weighted by Gasteiger charge is -2.16. The number of nitrogens with zero attached hydrogens (tertiary/aromatic N) is 3. The Kier molecular flexibility index (Phi) is 7.38. The number of amides is 1. The molecule has 1 amide bonds. The fourth-order valence-corrected chi connectivity index (χ4v) is 4.00. The highest BCUT2D eigenvalue weighted by Gasteiger charge is 2.19. The van der Waals surface area contributed by atoms with E-state index in [1.54, 1.807) is 0 Å². The summed E-state index contributed by atoms with van der Waals surface area (Å²) < 4.78 is 8.11. The molecule has 1 heterocycles. The number of carbonyl (C=O) groups is 1. The molecule has 7 heteroatoms. The van der Waals surface area contributed by atoms with Crippen LogP contribution in [0.1, 0.15) is 48.0 Å². The van der Waals surface area contributed by atoms with E-state index in [1.807, 2.05) is 55.7 Å². The SMILES string of the molecule is CCn1c(SCC(=O)Nc2ccc(C)c(C)c2)nnc1C(C)Oc1ccc(C)c(C)c1. The number of nitrogens with one attached hydrogen (secondary N) is 1. The topological polar surface area (TPSA) is 69.0 Å². The molecule has 0 aliphatic heterocycles. The number of benzene rings is 2. The van der Waals surface area contributed by atoms with Crippen molar-refractivity contribution >= 4 is 23.4 Å². The van der Waals surface area contributed by atoms with Crippen LogP contribution < -0.4 is 10.1 Å². The minimum atomic E-state index is -0.256. The van der Waals surface area contributed by atoms with Crippen LogP contribution in [-0.2, 0) is 11.3 Å². The summed E-state index contributed by atoms with van der Waals surface area (Å²) >= 11 is 1.38. The van der Waals surface area contributed by atoms with E-state index in [2.05, 4.69) is 42.4 Å². The lowest BCUT2D eigenvalue weighted by Crippen LogP contribution is -2.15. The molecule has 1 aromatic heterocycles. The summed E-state index contributed by atoms with van der Waals surface area (Å²) in [4.78, 5) is 12.4. The quantitative estimate of drug-likeness (QED) is 0.477. The van der Waals surface area contributed by atoms with Gasteiger partial charge < -0.3 is 14.6 Å². The van der Waals surface area contributed by atoms with Gasteiger partial charge in [0.25, 0.3) is 0 Å². The molecule has 2 aromatic carbocycles. The fraction of sp³-hybridized carbons (Fsp3) is 0.375. The molecule has 31 heavy (non-hydrogen) atoms. The van der Waals surface area contributed by atoms with Crippen LogP contribution >= 0.6 is 11.8 Å². The molecule has 0 aliphatic rings. The predicted molar refractivity (Wildman–Crippen MR) is 126 cm³/mol. The second-order valence-electron chi connectivity index (χ2n) is 7.73. The van der Waals surface area contributed by atoms with Crippen molar-refractivity contribution in [3.8, 4) is 5.75 Å². The van der Waals surface area contributed by atoms with Crippen molar-refractivity contribution < 1.29 is 9.53 Å². The normalized spacial score (nSPS) is 11.9. The van der Waals surface area contributed by atoms with E-state index in [-0.39, 0.29) is 17.8 Å². The van der Waals surface area contributed by atoms with Crippen molar-refractivity contribution in [2.24, 2.45) is 0 Å². The van der Waals surface area contributed by atoms with Crippen molar-refractivity contribution in [1.82, 2.24) is 14.8 Å². The Labute approximate surface area is 188 Å². The molecular weight excluding hydrogens is 408 g/mol. The summed E-state index contributed by atoms with van der Waals surface area (Å²) in [6.45, 7) is 12.9. The standard InChI is InChI=1S/C24H30N4O2S/c1-7-28-23(19(6)30-21-11-9-16(3)18(5)13-21)26-27-24(28)31-14-22(29)25-20-10-8-15(2)17(4)12-20/h8-13,19H,7,14H2,1-6H3,(H,25,29). The number of thioether (sulfide) groups is 1. The Bertz CT molecular complexity index is 1080. The third-order valence-electron chi connectivity index (χ3n) is 5.34. The molecular formula is C24H30N4O2S. The highest BCUT2D eigenvalue weighted by Crippen LogP contribution is 2.26. The van der Waals surface area contributed by atoms with Crippen LogP contribution in [0.25, 0.3) is 0 Å². The molecule has 6 nitrogen and oxygen atoms in total. The number of rotatable bonds is 8. The van der Waals surface area contributed by atoms with Gasteiger partial charge in [-0.15, -0.1) is 10.2 Å². The molecule has 1 unspecified atom stereocenters. The first-order valence-electron chi connectivity index (χ1n) is 10.5. The van der Waals surface area contributed by atoms with Gasteiger partial charge in [0.05, 0.1) is 5.75 Å². The average Bonchev–Trinajstić information content (AvgIpc) is 3.15. The average molecular weight is 439 g/mol. The second kappa shape index (κ2) is 10.0. The zero-order valence-electron chi connectivity index (χ0n) is 19.0. The van der Waals surface area contributed by atoms with Gasteiger partial charge in [0, 0.05) is 12.2 Å². The second-order valence-corrected chi connectivity index (χ2v) is 8.67. The van der Waals surface area contributed by atoms with Crippen molar-refractivity contribution in [2.45, 2.75) is 59.3 Å². The van der Waals surface area contributed by atoms with Crippen molar-refractivity contribution in [3.05, 3.63) is 64.5 Å². The van der Waals surface area contributed by atoms with Gasteiger partial charge in [-0.2, -0.15) is 0 Å². The van der Waals surface area contributed by atoms with E-state index in [0.29, 0.717) is 11.7 Å². The van der Waals surface area contributed by atoms with Crippen LogP contribution in [0.2, 0.25) is 0 Å². The van der Waals surface area contributed by atoms with E-state index in [4.69, 9.17) is 4.74 Å². The molecule has 0 spiro atoms. The Morgan fingerprint density at radius 3 is 2.35 bits per heavy atom. The molecule has 1 N–H and O–H groups in total. The monoisotopic (exact) mass is 438 g/mol. The number of ether oxygens (including phenoxy) is 1. The summed E-state index contributed by atoms with van der Waals surface area (Å²) in [6.07, 6.45) is -0.256. The van der Waals surface area contributed by atoms with Crippen molar-refractivity contribution in [3.63, 3.8) is 0 Å². The van der Waals surface area contributed by atoms with Crippen LogP contribution in [0.4, 0.5) is 5.69 Å². The van der Waals surface area contributed by atoms with Gasteiger partial charge in [-0.1, -0.05) is 23.9 Å². The largest absolute Gasteiger partial charge is 0.483 e. The number of hydrogen-bond acceptors (Lipinski definition) is 5. The smallest absolute Gasteiger partial charge is 0.234 e. The van der Waals surface area contributed by atoms with Crippen LogP contribution in [0.15, 0.2) is 41.6 Å². The van der Waals surface area contributed by atoms with Gasteiger partial charge in [-0.05, 0) is 88.1 Å². The lowest BCUT2D eigenvalue weighted by molar-refractivity contribution is -0.113. The number of aromatic nitrogens is 3. The zero-order valence-corrected chi connectivity index (χ0v) is 19.8. The summed E-state index contributed by atoms with van der Waals surface area (Å²) in [5.41, 5.74) is 5.58. The van der Waals surface area contributed by atoms with Crippen LogP contribution in [0, 0.1) is 27.7 Å². The molecule has 3 rings (SSSR count). The van der Waals surface area contributed by atoms with E-state index in [0.717, 1.165) is 22.8 Å². The third kappa shape index (κ3) is 5.67. The molecule has 0 saturated carbocycles. The Morgan fingerprint density at radius 2 is 1.71 bits per heavy atom. The Morgan fingerprint density at radius 1 is 1.03 bits per heavy atom. The summed E-state index contributed by atoms with van der Waals surface area (Å²) in [7, 11) is 0. The minimum Gasteiger partial charge on any atom is -0.483 e. The van der Waals surface area contributed by atoms with E-state index < -0.39 is 0 Å². The Hall–Kier alpha value is -2.80. The molecule has 0 saturated heterocycles. The molecule has 1 atom stereocenters. The van der Waals surface area contributed by atoms with Crippen LogP contribution in [0.3, 0.4) is 0 Å². The highest BCUT2D eigenvalue weighted by molar-refractivity contribution is 7.99.